The Hall–Kier alpha value is -1.09. The molecule has 0 fully saturated rings. The van der Waals surface area contributed by atoms with Crippen molar-refractivity contribution in [3.05, 3.63) is 24.0 Å². The molecule has 0 radical (unpaired) electrons. The lowest BCUT2D eigenvalue weighted by Gasteiger charge is -2.22. The Morgan fingerprint density at radius 1 is 1.41 bits per heavy atom. The Balaban J connectivity index is 2.81. The number of hydrogen-bond acceptors (Lipinski definition) is 3. The van der Waals surface area contributed by atoms with Gasteiger partial charge in [0.05, 0.1) is 7.11 Å². The molecule has 0 saturated heterocycles. The molecule has 0 amide bonds. The van der Waals surface area contributed by atoms with Crippen molar-refractivity contribution in [3.63, 3.8) is 0 Å². The molecule has 0 aliphatic carbocycles. The fourth-order valence-electron chi connectivity index (χ4n) is 2.07. The minimum Gasteiger partial charge on any atom is -0.495 e. The average molecular weight is 237 g/mol. The van der Waals surface area contributed by atoms with Crippen LogP contribution in [0.15, 0.2) is 18.3 Å². The zero-order chi connectivity index (χ0) is 12.7. The molecule has 1 aromatic heterocycles. The fourth-order valence-corrected chi connectivity index (χ4v) is 2.07. The Bertz CT molecular complexity index is 328. The normalized spacial score (nSPS) is 14.4. The predicted octanol–water partition coefficient (Wildman–Crippen LogP) is 3.34. The van der Waals surface area contributed by atoms with Crippen molar-refractivity contribution in [2.75, 3.05) is 7.11 Å². The lowest BCUT2D eigenvalue weighted by Crippen LogP contribution is -2.14. The van der Waals surface area contributed by atoms with Crippen LogP contribution in [0.3, 0.4) is 0 Å². The van der Waals surface area contributed by atoms with Crippen LogP contribution in [-0.2, 0) is 0 Å². The van der Waals surface area contributed by atoms with Crippen LogP contribution in [0, 0.1) is 5.92 Å². The standard InChI is InChI=1S/C14H23NO2/c1-4-6-8-11(5-2)14(16)13-12(17-3)9-7-10-15-13/h7,9-11,14,16H,4-6,8H2,1-3H3. The summed E-state index contributed by atoms with van der Waals surface area (Å²) < 4.78 is 5.24. The molecule has 0 bridgehead atoms. The third-order valence-electron chi connectivity index (χ3n) is 3.20. The number of rotatable bonds is 7. The summed E-state index contributed by atoms with van der Waals surface area (Å²) >= 11 is 0. The smallest absolute Gasteiger partial charge is 0.143 e. The second-order valence-electron chi connectivity index (χ2n) is 4.35. The molecule has 96 valence electrons. The first-order chi connectivity index (χ1) is 8.24. The first kappa shape index (κ1) is 14.0. The van der Waals surface area contributed by atoms with Gasteiger partial charge >= 0.3 is 0 Å². The van der Waals surface area contributed by atoms with Gasteiger partial charge in [0, 0.05) is 6.20 Å². The maximum Gasteiger partial charge on any atom is 0.143 e. The molecule has 0 aromatic carbocycles. The van der Waals surface area contributed by atoms with Crippen molar-refractivity contribution >= 4 is 0 Å². The molecule has 3 heteroatoms. The zero-order valence-corrected chi connectivity index (χ0v) is 11.0. The Kier molecular flexibility index (Phi) is 5.98. The van der Waals surface area contributed by atoms with Gasteiger partial charge in [0.2, 0.25) is 0 Å². The van der Waals surface area contributed by atoms with Gasteiger partial charge in [0.1, 0.15) is 17.5 Å². The van der Waals surface area contributed by atoms with Crippen LogP contribution >= 0.6 is 0 Å². The molecule has 2 atom stereocenters. The maximum absolute atomic E-state index is 10.4. The quantitative estimate of drug-likeness (QED) is 0.791. The molecule has 17 heavy (non-hydrogen) atoms. The Morgan fingerprint density at radius 2 is 2.18 bits per heavy atom. The van der Waals surface area contributed by atoms with E-state index in [1.807, 2.05) is 12.1 Å². The molecule has 0 spiro atoms. The second-order valence-corrected chi connectivity index (χ2v) is 4.35. The van der Waals surface area contributed by atoms with E-state index in [0.29, 0.717) is 11.4 Å². The van der Waals surface area contributed by atoms with Crippen molar-refractivity contribution < 1.29 is 9.84 Å². The van der Waals surface area contributed by atoms with Gasteiger partial charge in [0.25, 0.3) is 0 Å². The molecule has 0 saturated carbocycles. The number of aliphatic hydroxyl groups is 1. The largest absolute Gasteiger partial charge is 0.495 e. The van der Waals surface area contributed by atoms with E-state index in [4.69, 9.17) is 4.74 Å². The van der Waals surface area contributed by atoms with Gasteiger partial charge in [0.15, 0.2) is 0 Å². The molecular formula is C14H23NO2. The molecular weight excluding hydrogens is 214 g/mol. The highest BCUT2D eigenvalue weighted by molar-refractivity contribution is 5.28. The van der Waals surface area contributed by atoms with E-state index in [1.54, 1.807) is 13.3 Å². The van der Waals surface area contributed by atoms with E-state index in [0.717, 1.165) is 25.7 Å². The molecule has 1 heterocycles. The summed E-state index contributed by atoms with van der Waals surface area (Å²) in [6.07, 6.45) is 5.47. The van der Waals surface area contributed by atoms with Gasteiger partial charge in [-0.1, -0.05) is 33.1 Å². The van der Waals surface area contributed by atoms with Crippen molar-refractivity contribution in [2.24, 2.45) is 5.92 Å². The number of methoxy groups -OCH3 is 1. The topological polar surface area (TPSA) is 42.4 Å². The van der Waals surface area contributed by atoms with Gasteiger partial charge in [-0.25, -0.2) is 0 Å². The van der Waals surface area contributed by atoms with Crippen LogP contribution in [0.5, 0.6) is 5.75 Å². The molecule has 1 N–H and O–H groups in total. The van der Waals surface area contributed by atoms with Gasteiger partial charge in [-0.15, -0.1) is 0 Å². The van der Waals surface area contributed by atoms with E-state index in [2.05, 4.69) is 18.8 Å². The van der Waals surface area contributed by atoms with Crippen LogP contribution in [0.2, 0.25) is 0 Å². The lowest BCUT2D eigenvalue weighted by molar-refractivity contribution is 0.0920. The summed E-state index contributed by atoms with van der Waals surface area (Å²) in [7, 11) is 1.61. The van der Waals surface area contributed by atoms with Gasteiger partial charge in [-0.05, 0) is 24.5 Å². The molecule has 3 nitrogen and oxygen atoms in total. The Morgan fingerprint density at radius 3 is 2.76 bits per heavy atom. The minimum atomic E-state index is -0.525. The number of ether oxygens (including phenoxy) is 1. The van der Waals surface area contributed by atoms with Crippen molar-refractivity contribution in [1.82, 2.24) is 4.98 Å². The highest BCUT2D eigenvalue weighted by Gasteiger charge is 2.22. The van der Waals surface area contributed by atoms with E-state index in [1.165, 1.54) is 0 Å². The summed E-state index contributed by atoms with van der Waals surface area (Å²) in [5.41, 5.74) is 0.665. The van der Waals surface area contributed by atoms with Crippen LogP contribution in [-0.4, -0.2) is 17.2 Å². The van der Waals surface area contributed by atoms with E-state index in [-0.39, 0.29) is 5.92 Å². The highest BCUT2D eigenvalue weighted by atomic mass is 16.5. The minimum absolute atomic E-state index is 0.263. The summed E-state index contributed by atoms with van der Waals surface area (Å²) in [6, 6.07) is 3.67. The number of nitrogens with zero attached hydrogens (tertiary/aromatic N) is 1. The van der Waals surface area contributed by atoms with Crippen LogP contribution in [0.4, 0.5) is 0 Å². The van der Waals surface area contributed by atoms with Gasteiger partial charge in [-0.3, -0.25) is 4.98 Å². The fraction of sp³-hybridized carbons (Fsp3) is 0.643. The molecule has 2 unspecified atom stereocenters. The van der Waals surface area contributed by atoms with E-state index < -0.39 is 6.10 Å². The Labute approximate surface area is 104 Å². The van der Waals surface area contributed by atoms with Crippen molar-refractivity contribution in [3.8, 4) is 5.75 Å². The third-order valence-corrected chi connectivity index (χ3v) is 3.20. The summed E-state index contributed by atoms with van der Waals surface area (Å²) in [4.78, 5) is 4.25. The number of unbranched alkanes of at least 4 members (excludes halogenated alkanes) is 1. The van der Waals surface area contributed by atoms with Crippen molar-refractivity contribution in [2.45, 2.75) is 45.6 Å². The molecule has 1 rings (SSSR count). The molecule has 0 aliphatic rings. The summed E-state index contributed by atoms with van der Waals surface area (Å²) in [5.74, 6) is 0.939. The number of hydrogen-bond donors (Lipinski definition) is 1. The van der Waals surface area contributed by atoms with Crippen LogP contribution in [0.1, 0.15) is 51.3 Å². The number of pyridine rings is 1. The maximum atomic E-state index is 10.4. The predicted molar refractivity (Wildman–Crippen MR) is 69.1 cm³/mol. The second kappa shape index (κ2) is 7.28. The first-order valence-corrected chi connectivity index (χ1v) is 6.41. The van der Waals surface area contributed by atoms with E-state index >= 15 is 0 Å². The SMILES string of the molecule is CCCCC(CC)C(O)c1ncccc1OC. The molecule has 0 aliphatic heterocycles. The van der Waals surface area contributed by atoms with E-state index in [9.17, 15) is 5.11 Å². The lowest BCUT2D eigenvalue weighted by atomic mass is 9.91. The third kappa shape index (κ3) is 3.70. The van der Waals surface area contributed by atoms with Gasteiger partial charge < -0.3 is 9.84 Å². The van der Waals surface area contributed by atoms with Crippen LogP contribution in [0.25, 0.3) is 0 Å². The van der Waals surface area contributed by atoms with Crippen molar-refractivity contribution in [1.29, 1.82) is 0 Å². The first-order valence-electron chi connectivity index (χ1n) is 6.41. The highest BCUT2D eigenvalue weighted by Crippen LogP contribution is 2.32. The number of aromatic nitrogens is 1. The molecule has 1 aromatic rings. The monoisotopic (exact) mass is 237 g/mol. The number of aliphatic hydroxyl groups excluding tert-OH is 1. The summed E-state index contributed by atoms with van der Waals surface area (Å²) in [6.45, 7) is 4.28. The summed E-state index contributed by atoms with van der Waals surface area (Å²) in [5, 5.41) is 10.4. The zero-order valence-electron chi connectivity index (χ0n) is 11.0. The average Bonchev–Trinajstić information content (AvgIpc) is 2.39. The van der Waals surface area contributed by atoms with Crippen LogP contribution < -0.4 is 4.74 Å². The van der Waals surface area contributed by atoms with Gasteiger partial charge in [-0.2, -0.15) is 0 Å².